The maximum Gasteiger partial charge on any atom is 0.416 e. The van der Waals surface area contributed by atoms with Crippen molar-refractivity contribution < 1.29 is 18.0 Å². The van der Waals surface area contributed by atoms with Crippen LogP contribution in [-0.2, 0) is 12.7 Å². The van der Waals surface area contributed by atoms with E-state index in [9.17, 15) is 18.0 Å². The lowest BCUT2D eigenvalue weighted by Gasteiger charge is -2.14. The van der Waals surface area contributed by atoms with E-state index in [4.69, 9.17) is 0 Å². The van der Waals surface area contributed by atoms with Crippen LogP contribution in [0.3, 0.4) is 0 Å². The second-order valence-electron chi connectivity index (χ2n) is 7.65. The van der Waals surface area contributed by atoms with Crippen molar-refractivity contribution in [2.45, 2.75) is 40.4 Å². The first-order chi connectivity index (χ1) is 12.5. The largest absolute Gasteiger partial charge is 0.416 e. The molecule has 0 aliphatic carbocycles. The highest BCUT2D eigenvalue weighted by molar-refractivity contribution is 5.94. The molecule has 0 atom stereocenters. The molecular formula is C22H24F3NO. The van der Waals surface area contributed by atoms with Crippen LogP contribution in [0.4, 0.5) is 13.2 Å². The number of nitrogens with one attached hydrogen (secondary N) is 1. The Morgan fingerprint density at radius 2 is 1.59 bits per heavy atom. The van der Waals surface area contributed by atoms with E-state index >= 15 is 0 Å². The maximum atomic E-state index is 12.7. The average Bonchev–Trinajstić information content (AvgIpc) is 2.58. The first-order valence-corrected chi connectivity index (χ1v) is 8.70. The number of alkyl halides is 3. The van der Waals surface area contributed by atoms with Gasteiger partial charge in [-0.25, -0.2) is 0 Å². The van der Waals surface area contributed by atoms with Gasteiger partial charge >= 0.3 is 6.18 Å². The third-order valence-electron chi connectivity index (χ3n) is 3.96. The summed E-state index contributed by atoms with van der Waals surface area (Å²) in [4.78, 5) is 12.3. The van der Waals surface area contributed by atoms with E-state index < -0.39 is 11.7 Å². The fraction of sp³-hybridized carbons (Fsp3) is 0.318. The summed E-state index contributed by atoms with van der Waals surface area (Å²) >= 11 is 0. The number of hydrogen-bond donors (Lipinski definition) is 1. The number of hydrogen-bond acceptors (Lipinski definition) is 1. The van der Waals surface area contributed by atoms with E-state index in [1.165, 1.54) is 6.07 Å². The van der Waals surface area contributed by atoms with E-state index in [1.807, 2.05) is 19.1 Å². The molecule has 2 aromatic carbocycles. The topological polar surface area (TPSA) is 29.1 Å². The van der Waals surface area contributed by atoms with Gasteiger partial charge in [0.1, 0.15) is 0 Å². The zero-order chi connectivity index (χ0) is 20.2. The van der Waals surface area contributed by atoms with Crippen LogP contribution in [0, 0.1) is 5.41 Å². The van der Waals surface area contributed by atoms with Crippen molar-refractivity contribution in [2.75, 3.05) is 0 Å². The fourth-order valence-corrected chi connectivity index (χ4v) is 2.76. The lowest BCUT2D eigenvalue weighted by molar-refractivity contribution is -0.137. The van der Waals surface area contributed by atoms with E-state index in [0.717, 1.165) is 23.3 Å². The molecule has 0 aliphatic rings. The van der Waals surface area contributed by atoms with Crippen LogP contribution in [0.1, 0.15) is 54.7 Å². The van der Waals surface area contributed by atoms with E-state index in [2.05, 4.69) is 32.2 Å². The lowest BCUT2D eigenvalue weighted by Crippen LogP contribution is -2.23. The van der Waals surface area contributed by atoms with Crippen LogP contribution in [0.2, 0.25) is 0 Å². The molecule has 0 saturated heterocycles. The van der Waals surface area contributed by atoms with Crippen LogP contribution >= 0.6 is 0 Å². The Hall–Kier alpha value is -2.56. The molecule has 0 fully saturated rings. The Morgan fingerprint density at radius 1 is 1.00 bits per heavy atom. The van der Waals surface area contributed by atoms with Gasteiger partial charge in [0.15, 0.2) is 0 Å². The molecule has 1 N–H and O–H groups in total. The van der Waals surface area contributed by atoms with Gasteiger partial charge in [-0.15, -0.1) is 0 Å². The normalized spacial score (nSPS) is 12.8. The molecule has 0 unspecified atom stereocenters. The van der Waals surface area contributed by atoms with E-state index in [-0.39, 0.29) is 17.9 Å². The molecule has 0 radical (unpaired) electrons. The zero-order valence-corrected chi connectivity index (χ0v) is 15.9. The fourth-order valence-electron chi connectivity index (χ4n) is 2.76. The predicted molar refractivity (Wildman–Crippen MR) is 102 cm³/mol. The van der Waals surface area contributed by atoms with Gasteiger partial charge in [0.2, 0.25) is 0 Å². The Labute approximate surface area is 158 Å². The molecule has 0 spiro atoms. The van der Waals surface area contributed by atoms with Gasteiger partial charge < -0.3 is 5.32 Å². The number of carbonyl (C=O) groups is 1. The van der Waals surface area contributed by atoms with Gasteiger partial charge in [-0.3, -0.25) is 4.79 Å². The van der Waals surface area contributed by atoms with Crippen molar-refractivity contribution in [3.05, 3.63) is 76.9 Å². The van der Waals surface area contributed by atoms with Gasteiger partial charge in [-0.05, 0) is 53.3 Å². The number of benzene rings is 2. The summed E-state index contributed by atoms with van der Waals surface area (Å²) in [7, 11) is 0. The number of amides is 1. The number of halogens is 3. The van der Waals surface area contributed by atoms with Crippen LogP contribution in [-0.4, -0.2) is 5.91 Å². The van der Waals surface area contributed by atoms with Gasteiger partial charge in [0.25, 0.3) is 5.91 Å². The molecule has 0 aliphatic heterocycles. The monoisotopic (exact) mass is 375 g/mol. The van der Waals surface area contributed by atoms with E-state index in [0.29, 0.717) is 11.1 Å². The second kappa shape index (κ2) is 7.99. The molecule has 144 valence electrons. The lowest BCUT2D eigenvalue weighted by atomic mass is 9.91. The average molecular weight is 375 g/mol. The van der Waals surface area contributed by atoms with Gasteiger partial charge in [0, 0.05) is 12.1 Å². The van der Waals surface area contributed by atoms with Crippen molar-refractivity contribution in [3.63, 3.8) is 0 Å². The Kier molecular flexibility index (Phi) is 6.14. The van der Waals surface area contributed by atoms with Crippen molar-refractivity contribution in [1.29, 1.82) is 0 Å². The van der Waals surface area contributed by atoms with Crippen LogP contribution in [0.25, 0.3) is 5.57 Å². The maximum absolute atomic E-state index is 12.7. The van der Waals surface area contributed by atoms with Crippen molar-refractivity contribution in [2.24, 2.45) is 5.41 Å². The highest BCUT2D eigenvalue weighted by atomic mass is 19.4. The molecule has 0 bridgehead atoms. The highest BCUT2D eigenvalue weighted by Gasteiger charge is 2.30. The first-order valence-electron chi connectivity index (χ1n) is 8.70. The van der Waals surface area contributed by atoms with Crippen LogP contribution < -0.4 is 5.32 Å². The summed E-state index contributed by atoms with van der Waals surface area (Å²) in [5, 5.41) is 2.66. The molecule has 0 saturated carbocycles. The second-order valence-corrected chi connectivity index (χ2v) is 7.65. The minimum Gasteiger partial charge on any atom is -0.348 e. The molecule has 0 heterocycles. The quantitative estimate of drug-likeness (QED) is 0.689. The third kappa shape index (κ3) is 6.27. The summed E-state index contributed by atoms with van der Waals surface area (Å²) in [5.74, 6) is -0.323. The minimum atomic E-state index is -4.39. The molecule has 2 rings (SSSR count). The molecule has 0 aromatic heterocycles. The van der Waals surface area contributed by atoms with Gasteiger partial charge in [0.05, 0.1) is 5.56 Å². The van der Waals surface area contributed by atoms with Crippen LogP contribution in [0.15, 0.2) is 54.6 Å². The summed E-state index contributed by atoms with van der Waals surface area (Å²) in [6.45, 7) is 8.41. The number of allylic oxidation sites excluding steroid dienone is 2. The summed E-state index contributed by atoms with van der Waals surface area (Å²) in [6.07, 6.45) is -2.23. The molecule has 2 nitrogen and oxygen atoms in total. The Balaban J connectivity index is 2.04. The van der Waals surface area contributed by atoms with Crippen molar-refractivity contribution in [1.82, 2.24) is 5.32 Å². The standard InChI is InChI=1S/C22H24F3NO/c1-15(13-21(2,3)4)17-8-10-18(11-9-17)20(27)26-14-16-6-5-7-19(12-16)22(23,24)25/h5-13H,14H2,1-4H3,(H,26,27)/b15-13+. The van der Waals surface area contributed by atoms with Crippen LogP contribution in [0.5, 0.6) is 0 Å². The molecular weight excluding hydrogens is 351 g/mol. The Bertz CT molecular complexity index is 828. The molecule has 1 amide bonds. The smallest absolute Gasteiger partial charge is 0.348 e. The number of rotatable bonds is 4. The van der Waals surface area contributed by atoms with E-state index in [1.54, 1.807) is 18.2 Å². The summed E-state index contributed by atoms with van der Waals surface area (Å²) in [6, 6.07) is 12.1. The highest BCUT2D eigenvalue weighted by Crippen LogP contribution is 2.29. The van der Waals surface area contributed by atoms with Crippen molar-refractivity contribution >= 4 is 11.5 Å². The zero-order valence-electron chi connectivity index (χ0n) is 15.9. The Morgan fingerprint density at radius 3 is 2.15 bits per heavy atom. The third-order valence-corrected chi connectivity index (χ3v) is 3.96. The van der Waals surface area contributed by atoms with Gasteiger partial charge in [-0.2, -0.15) is 13.2 Å². The first kappa shape index (κ1) is 20.7. The van der Waals surface area contributed by atoms with Gasteiger partial charge in [-0.1, -0.05) is 51.1 Å². The number of carbonyl (C=O) groups excluding carboxylic acids is 1. The summed E-state index contributed by atoms with van der Waals surface area (Å²) in [5.41, 5.74) is 2.36. The predicted octanol–water partition coefficient (Wildman–Crippen LogP) is 6.08. The molecule has 5 heteroatoms. The summed E-state index contributed by atoms with van der Waals surface area (Å²) < 4.78 is 38.2. The minimum absolute atomic E-state index is 0.0352. The van der Waals surface area contributed by atoms with Crippen molar-refractivity contribution in [3.8, 4) is 0 Å². The SMILES string of the molecule is C/C(=C\C(C)(C)C)c1ccc(C(=O)NCc2cccc(C(F)(F)F)c2)cc1. The molecule has 2 aromatic rings. The molecule has 27 heavy (non-hydrogen) atoms.